The van der Waals surface area contributed by atoms with Crippen LogP contribution in [0.1, 0.15) is 39.5 Å². The largest absolute Gasteiger partial charge is 0.385 e. The molecule has 0 aromatic heterocycles. The zero-order valence-electron chi connectivity index (χ0n) is 12.4. The minimum absolute atomic E-state index is 0.166. The quantitative estimate of drug-likeness (QED) is 0.560. The van der Waals surface area contributed by atoms with Gasteiger partial charge in [0.1, 0.15) is 0 Å². The molecule has 0 aromatic rings. The van der Waals surface area contributed by atoms with E-state index in [-0.39, 0.29) is 11.2 Å². The Balaban J connectivity index is 2.20. The predicted molar refractivity (Wildman–Crippen MR) is 77.7 cm³/mol. The molecule has 5 nitrogen and oxygen atoms in total. The Hall–Kier alpha value is -0.170. The van der Waals surface area contributed by atoms with Crippen LogP contribution in [0, 0.1) is 5.41 Å². The van der Waals surface area contributed by atoms with Gasteiger partial charge in [-0.15, -0.1) is 0 Å². The third-order valence-corrected chi connectivity index (χ3v) is 5.01. The van der Waals surface area contributed by atoms with Gasteiger partial charge in [-0.3, -0.25) is 0 Å². The maximum Gasteiger partial charge on any atom is 0.211 e. The molecule has 0 aromatic carbocycles. The lowest BCUT2D eigenvalue weighted by molar-refractivity contribution is 0.173. The van der Waals surface area contributed by atoms with E-state index in [0.717, 1.165) is 25.8 Å². The first-order valence-corrected chi connectivity index (χ1v) is 8.74. The molecule has 1 aliphatic carbocycles. The molecule has 1 saturated carbocycles. The van der Waals surface area contributed by atoms with Gasteiger partial charge in [0.15, 0.2) is 0 Å². The van der Waals surface area contributed by atoms with E-state index in [4.69, 9.17) is 4.74 Å². The van der Waals surface area contributed by atoms with Gasteiger partial charge in [-0.2, -0.15) is 0 Å². The average molecular weight is 292 g/mol. The van der Waals surface area contributed by atoms with Crippen LogP contribution < -0.4 is 10.0 Å². The van der Waals surface area contributed by atoms with Crippen LogP contribution >= 0.6 is 0 Å². The van der Waals surface area contributed by atoms with E-state index in [1.54, 1.807) is 7.11 Å². The lowest BCUT2D eigenvalue weighted by Gasteiger charge is -2.15. The van der Waals surface area contributed by atoms with E-state index in [0.29, 0.717) is 25.6 Å². The van der Waals surface area contributed by atoms with Gasteiger partial charge in [0.2, 0.25) is 10.0 Å². The SMILES string of the molecule is COCCC1(CNS(=O)(=O)CCCNC(C)C)CC1. The van der Waals surface area contributed by atoms with Crippen LogP contribution in [-0.4, -0.2) is 47.0 Å². The third kappa shape index (κ3) is 7.25. The van der Waals surface area contributed by atoms with Crippen molar-refractivity contribution in [3.05, 3.63) is 0 Å². The summed E-state index contributed by atoms with van der Waals surface area (Å²) in [5.74, 6) is 0.201. The molecule has 19 heavy (non-hydrogen) atoms. The van der Waals surface area contributed by atoms with Crippen molar-refractivity contribution in [2.45, 2.75) is 45.6 Å². The fourth-order valence-electron chi connectivity index (χ4n) is 2.00. The van der Waals surface area contributed by atoms with E-state index < -0.39 is 10.0 Å². The highest BCUT2D eigenvalue weighted by Gasteiger charge is 2.42. The first-order valence-electron chi connectivity index (χ1n) is 7.09. The molecule has 0 spiro atoms. The Bertz CT molecular complexity index is 351. The van der Waals surface area contributed by atoms with Gasteiger partial charge in [0, 0.05) is 26.3 Å². The van der Waals surface area contributed by atoms with Crippen molar-refractivity contribution in [3.63, 3.8) is 0 Å². The smallest absolute Gasteiger partial charge is 0.211 e. The number of hydrogen-bond donors (Lipinski definition) is 2. The molecule has 114 valence electrons. The van der Waals surface area contributed by atoms with E-state index in [9.17, 15) is 8.42 Å². The van der Waals surface area contributed by atoms with E-state index in [1.807, 2.05) is 0 Å². The summed E-state index contributed by atoms with van der Waals surface area (Å²) in [4.78, 5) is 0. The number of nitrogens with one attached hydrogen (secondary N) is 2. The van der Waals surface area contributed by atoms with Crippen LogP contribution in [0.4, 0.5) is 0 Å². The minimum Gasteiger partial charge on any atom is -0.385 e. The van der Waals surface area contributed by atoms with Gasteiger partial charge in [0.25, 0.3) is 0 Å². The molecule has 1 aliphatic rings. The lowest BCUT2D eigenvalue weighted by atomic mass is 10.0. The van der Waals surface area contributed by atoms with Crippen molar-refractivity contribution >= 4 is 10.0 Å². The molecule has 0 radical (unpaired) electrons. The zero-order chi connectivity index (χ0) is 14.4. The van der Waals surface area contributed by atoms with E-state index in [1.165, 1.54) is 0 Å². The van der Waals surface area contributed by atoms with Crippen LogP contribution in [0.5, 0.6) is 0 Å². The Morgan fingerprint density at radius 1 is 1.32 bits per heavy atom. The maximum atomic E-state index is 11.9. The molecule has 0 aliphatic heterocycles. The zero-order valence-corrected chi connectivity index (χ0v) is 13.2. The Labute approximate surface area is 117 Å². The summed E-state index contributed by atoms with van der Waals surface area (Å²) in [5, 5.41) is 3.22. The molecule has 0 unspecified atom stereocenters. The fourth-order valence-corrected chi connectivity index (χ4v) is 3.19. The number of ether oxygens (including phenoxy) is 1. The molecule has 0 bridgehead atoms. The van der Waals surface area contributed by atoms with Gasteiger partial charge in [0.05, 0.1) is 5.75 Å². The summed E-state index contributed by atoms with van der Waals surface area (Å²) in [6.07, 6.45) is 3.81. The van der Waals surface area contributed by atoms with Gasteiger partial charge in [-0.25, -0.2) is 13.1 Å². The van der Waals surface area contributed by atoms with Crippen molar-refractivity contribution in [2.24, 2.45) is 5.41 Å². The first-order chi connectivity index (χ1) is 8.89. The number of methoxy groups -OCH3 is 1. The van der Waals surface area contributed by atoms with Crippen LogP contribution in [0.15, 0.2) is 0 Å². The summed E-state index contributed by atoms with van der Waals surface area (Å²) in [6, 6.07) is 0.402. The molecule has 1 rings (SSSR count). The van der Waals surface area contributed by atoms with Crippen molar-refractivity contribution in [3.8, 4) is 0 Å². The number of rotatable bonds is 11. The van der Waals surface area contributed by atoms with Gasteiger partial charge < -0.3 is 10.1 Å². The second kappa shape index (κ2) is 7.57. The van der Waals surface area contributed by atoms with Crippen molar-refractivity contribution in [1.29, 1.82) is 0 Å². The minimum atomic E-state index is -3.13. The topological polar surface area (TPSA) is 67.4 Å². The van der Waals surface area contributed by atoms with E-state index >= 15 is 0 Å². The van der Waals surface area contributed by atoms with Crippen LogP contribution in [0.2, 0.25) is 0 Å². The fraction of sp³-hybridized carbons (Fsp3) is 1.00. The highest BCUT2D eigenvalue weighted by molar-refractivity contribution is 7.89. The number of sulfonamides is 1. The summed E-state index contributed by atoms with van der Waals surface area (Å²) in [5.41, 5.74) is 0.166. The maximum absolute atomic E-state index is 11.9. The average Bonchev–Trinajstić information content (AvgIpc) is 3.11. The Morgan fingerprint density at radius 3 is 2.53 bits per heavy atom. The monoisotopic (exact) mass is 292 g/mol. The molecule has 6 heteroatoms. The number of hydrogen-bond acceptors (Lipinski definition) is 4. The second-order valence-corrected chi connectivity index (χ2v) is 7.77. The summed E-state index contributed by atoms with van der Waals surface area (Å²) in [6.45, 7) is 6.13. The van der Waals surface area contributed by atoms with Gasteiger partial charge >= 0.3 is 0 Å². The molecular weight excluding hydrogens is 264 g/mol. The highest BCUT2D eigenvalue weighted by Crippen LogP contribution is 2.48. The van der Waals surface area contributed by atoms with Crippen LogP contribution in [0.25, 0.3) is 0 Å². The normalized spacial score (nSPS) is 17.9. The molecule has 0 heterocycles. The third-order valence-electron chi connectivity index (χ3n) is 3.60. The molecule has 1 fully saturated rings. The molecular formula is C13H28N2O3S. The standard InChI is InChI=1S/C13H28N2O3S/c1-12(2)14-8-4-10-19(16,17)15-11-13(5-6-13)7-9-18-3/h12,14-15H,4-11H2,1-3H3. The van der Waals surface area contributed by atoms with Gasteiger partial charge in [-0.1, -0.05) is 13.8 Å². The van der Waals surface area contributed by atoms with Crippen LogP contribution in [-0.2, 0) is 14.8 Å². The summed E-state index contributed by atoms with van der Waals surface area (Å²) in [7, 11) is -1.45. The molecule has 0 atom stereocenters. The second-order valence-electron chi connectivity index (χ2n) is 5.85. The highest BCUT2D eigenvalue weighted by atomic mass is 32.2. The lowest BCUT2D eigenvalue weighted by Crippen LogP contribution is -2.34. The Kier molecular flexibility index (Phi) is 6.73. The van der Waals surface area contributed by atoms with Crippen LogP contribution in [0.3, 0.4) is 0 Å². The molecule has 2 N–H and O–H groups in total. The van der Waals surface area contributed by atoms with E-state index in [2.05, 4.69) is 23.9 Å². The molecule has 0 amide bonds. The predicted octanol–water partition coefficient (Wildman–Crippen LogP) is 1.11. The molecule has 0 saturated heterocycles. The first kappa shape index (κ1) is 16.9. The summed E-state index contributed by atoms with van der Waals surface area (Å²) < 4.78 is 31.5. The van der Waals surface area contributed by atoms with Crippen molar-refractivity contribution in [2.75, 3.05) is 32.6 Å². The summed E-state index contributed by atoms with van der Waals surface area (Å²) >= 11 is 0. The van der Waals surface area contributed by atoms with Crippen molar-refractivity contribution in [1.82, 2.24) is 10.0 Å². The van der Waals surface area contributed by atoms with Crippen molar-refractivity contribution < 1.29 is 13.2 Å². The Morgan fingerprint density at radius 2 is 2.00 bits per heavy atom. The van der Waals surface area contributed by atoms with Gasteiger partial charge in [-0.05, 0) is 37.6 Å².